The fourth-order valence-corrected chi connectivity index (χ4v) is 3.12. The highest BCUT2D eigenvalue weighted by Gasteiger charge is 2.37. The Morgan fingerprint density at radius 3 is 2.59 bits per heavy atom. The molecular weight excluding hydrogens is 346 g/mol. The number of hydrogen-bond donors (Lipinski definition) is 1. The maximum atomic E-state index is 12.8. The molecule has 0 bridgehead atoms. The van der Waals surface area contributed by atoms with E-state index in [2.05, 4.69) is 5.32 Å². The second kappa shape index (κ2) is 7.82. The zero-order valence-electron chi connectivity index (χ0n) is 14.8. The van der Waals surface area contributed by atoms with E-state index in [9.17, 15) is 19.7 Å². The second-order valence-electron chi connectivity index (χ2n) is 6.13. The highest BCUT2D eigenvalue weighted by Crippen LogP contribution is 2.32. The number of hydrogen-bond acceptors (Lipinski definition) is 4. The van der Waals surface area contributed by atoms with Crippen molar-refractivity contribution in [3.05, 3.63) is 75.8 Å². The fourth-order valence-electron chi connectivity index (χ4n) is 3.12. The Labute approximate surface area is 156 Å². The van der Waals surface area contributed by atoms with Crippen LogP contribution in [0.4, 0.5) is 11.4 Å². The summed E-state index contributed by atoms with van der Waals surface area (Å²) in [6, 6.07) is 12.8. The third-order valence-corrected chi connectivity index (χ3v) is 4.39. The predicted octanol–water partition coefficient (Wildman–Crippen LogP) is 2.70. The molecule has 1 heterocycles. The molecule has 138 valence electrons. The van der Waals surface area contributed by atoms with E-state index in [1.54, 1.807) is 18.2 Å². The van der Waals surface area contributed by atoms with E-state index in [1.807, 2.05) is 31.2 Å². The molecule has 1 aliphatic rings. The summed E-state index contributed by atoms with van der Waals surface area (Å²) in [7, 11) is 0. The van der Waals surface area contributed by atoms with Gasteiger partial charge in [0, 0.05) is 36.9 Å². The standard InChI is InChI=1S/C20H19N3O4/c1-2-21-20(25)18-13-15-5-3-4-6-17(15)22(18)19(24)12-9-14-7-10-16(11-8-14)23(26)27/h3-12,18H,2,13H2,1H3,(H,21,25)/b12-9+. The van der Waals surface area contributed by atoms with Crippen molar-refractivity contribution in [1.29, 1.82) is 0 Å². The molecule has 1 unspecified atom stereocenters. The molecule has 0 fully saturated rings. The Kier molecular flexibility index (Phi) is 5.30. The minimum absolute atomic E-state index is 0.0109. The number of carbonyl (C=O) groups is 2. The van der Waals surface area contributed by atoms with E-state index in [0.29, 0.717) is 18.5 Å². The number of non-ortho nitro benzene ring substituents is 1. The molecule has 1 atom stereocenters. The molecule has 0 aromatic heterocycles. The van der Waals surface area contributed by atoms with Crippen molar-refractivity contribution in [2.24, 2.45) is 0 Å². The van der Waals surface area contributed by atoms with Gasteiger partial charge < -0.3 is 5.32 Å². The van der Waals surface area contributed by atoms with Crippen LogP contribution in [0.2, 0.25) is 0 Å². The molecule has 2 aromatic rings. The number of nitro groups is 1. The molecule has 27 heavy (non-hydrogen) atoms. The summed E-state index contributed by atoms with van der Waals surface area (Å²) < 4.78 is 0. The van der Waals surface area contributed by atoms with Gasteiger partial charge in [-0.15, -0.1) is 0 Å². The van der Waals surface area contributed by atoms with Gasteiger partial charge in [-0.25, -0.2) is 0 Å². The highest BCUT2D eigenvalue weighted by molar-refractivity contribution is 6.09. The van der Waals surface area contributed by atoms with Crippen molar-refractivity contribution in [1.82, 2.24) is 5.32 Å². The van der Waals surface area contributed by atoms with Crippen molar-refractivity contribution in [2.75, 3.05) is 11.4 Å². The van der Waals surface area contributed by atoms with Gasteiger partial charge in [-0.1, -0.05) is 18.2 Å². The summed E-state index contributed by atoms with van der Waals surface area (Å²) in [5.74, 6) is -0.500. The van der Waals surface area contributed by atoms with Crippen LogP contribution in [0, 0.1) is 10.1 Å². The van der Waals surface area contributed by atoms with Crippen LogP contribution in [-0.4, -0.2) is 29.3 Å². The number of likely N-dealkylation sites (N-methyl/N-ethyl adjacent to an activating group) is 1. The van der Waals surface area contributed by atoms with Gasteiger partial charge in [-0.2, -0.15) is 0 Å². The van der Waals surface area contributed by atoms with Crippen molar-refractivity contribution in [3.8, 4) is 0 Å². The maximum Gasteiger partial charge on any atom is 0.269 e. The summed E-state index contributed by atoms with van der Waals surface area (Å²) in [6.07, 6.45) is 3.44. The number of nitrogens with zero attached hydrogens (tertiary/aromatic N) is 2. The van der Waals surface area contributed by atoms with Crippen LogP contribution >= 0.6 is 0 Å². The normalized spacial score (nSPS) is 15.6. The van der Waals surface area contributed by atoms with Crippen LogP contribution in [0.5, 0.6) is 0 Å². The molecule has 1 aliphatic heterocycles. The third kappa shape index (κ3) is 3.87. The molecule has 1 N–H and O–H groups in total. The molecular formula is C20H19N3O4. The van der Waals surface area contributed by atoms with Gasteiger partial charge in [0.05, 0.1) is 4.92 Å². The van der Waals surface area contributed by atoms with Crippen LogP contribution in [0.1, 0.15) is 18.1 Å². The van der Waals surface area contributed by atoms with E-state index >= 15 is 0 Å². The number of rotatable bonds is 5. The number of benzene rings is 2. The number of carbonyl (C=O) groups excluding carboxylic acids is 2. The summed E-state index contributed by atoms with van der Waals surface area (Å²) >= 11 is 0. The van der Waals surface area contributed by atoms with E-state index in [1.165, 1.54) is 23.1 Å². The second-order valence-corrected chi connectivity index (χ2v) is 6.13. The minimum atomic E-state index is -0.587. The number of amides is 2. The average molecular weight is 365 g/mol. The fraction of sp³-hybridized carbons (Fsp3) is 0.200. The molecule has 0 saturated carbocycles. The third-order valence-electron chi connectivity index (χ3n) is 4.39. The zero-order valence-corrected chi connectivity index (χ0v) is 14.8. The first kappa shape index (κ1) is 18.3. The molecule has 2 aromatic carbocycles. The monoisotopic (exact) mass is 365 g/mol. The lowest BCUT2D eigenvalue weighted by Gasteiger charge is -2.23. The lowest BCUT2D eigenvalue weighted by atomic mass is 10.1. The Morgan fingerprint density at radius 1 is 1.22 bits per heavy atom. The van der Waals surface area contributed by atoms with Crippen molar-refractivity contribution in [3.63, 3.8) is 0 Å². The van der Waals surface area contributed by atoms with Crippen molar-refractivity contribution < 1.29 is 14.5 Å². The van der Waals surface area contributed by atoms with Crippen molar-refractivity contribution in [2.45, 2.75) is 19.4 Å². The van der Waals surface area contributed by atoms with Gasteiger partial charge in [0.25, 0.3) is 11.6 Å². The Bertz CT molecular complexity index is 906. The van der Waals surface area contributed by atoms with Crippen LogP contribution in [-0.2, 0) is 16.0 Å². The van der Waals surface area contributed by atoms with E-state index in [-0.39, 0.29) is 17.5 Å². The number of fused-ring (bicyclic) bond motifs is 1. The zero-order chi connectivity index (χ0) is 19.4. The predicted molar refractivity (Wildman–Crippen MR) is 102 cm³/mol. The molecule has 0 spiro atoms. The molecule has 0 radical (unpaired) electrons. The molecule has 7 heteroatoms. The lowest BCUT2D eigenvalue weighted by Crippen LogP contribution is -2.47. The highest BCUT2D eigenvalue weighted by atomic mass is 16.6. The van der Waals surface area contributed by atoms with Crippen molar-refractivity contribution >= 4 is 29.3 Å². The number of anilines is 1. The smallest absolute Gasteiger partial charge is 0.269 e. The number of nitrogens with one attached hydrogen (secondary N) is 1. The molecule has 0 saturated heterocycles. The average Bonchev–Trinajstić information content (AvgIpc) is 3.06. The lowest BCUT2D eigenvalue weighted by molar-refractivity contribution is -0.384. The van der Waals surface area contributed by atoms with Gasteiger partial charge in [-0.3, -0.25) is 24.6 Å². The minimum Gasteiger partial charge on any atom is -0.355 e. The summed E-state index contributed by atoms with van der Waals surface area (Å²) in [4.78, 5) is 37.0. The van der Waals surface area contributed by atoms with Gasteiger partial charge in [-0.05, 0) is 42.3 Å². The Morgan fingerprint density at radius 2 is 1.93 bits per heavy atom. The van der Waals surface area contributed by atoms with Crippen LogP contribution in [0.15, 0.2) is 54.6 Å². The van der Waals surface area contributed by atoms with Gasteiger partial charge >= 0.3 is 0 Å². The van der Waals surface area contributed by atoms with E-state index < -0.39 is 11.0 Å². The molecule has 3 rings (SSSR count). The molecule has 2 amide bonds. The van der Waals surface area contributed by atoms with E-state index in [4.69, 9.17) is 0 Å². The first-order valence-electron chi connectivity index (χ1n) is 8.62. The Hall–Kier alpha value is -3.48. The quantitative estimate of drug-likeness (QED) is 0.501. The SMILES string of the molecule is CCNC(=O)C1Cc2ccccc2N1C(=O)/C=C/c1ccc([N+](=O)[O-])cc1. The van der Waals surface area contributed by atoms with Gasteiger partial charge in [0.15, 0.2) is 0 Å². The number of para-hydroxylation sites is 1. The maximum absolute atomic E-state index is 12.8. The summed E-state index contributed by atoms with van der Waals surface area (Å²) in [5.41, 5.74) is 2.33. The van der Waals surface area contributed by atoms with E-state index in [0.717, 1.165) is 11.3 Å². The summed E-state index contributed by atoms with van der Waals surface area (Å²) in [5, 5.41) is 13.5. The van der Waals surface area contributed by atoms with Crippen LogP contribution in [0.25, 0.3) is 6.08 Å². The largest absolute Gasteiger partial charge is 0.355 e. The number of nitro benzene ring substituents is 1. The van der Waals surface area contributed by atoms with Gasteiger partial charge in [0.1, 0.15) is 6.04 Å². The Balaban J connectivity index is 1.83. The molecule has 0 aliphatic carbocycles. The van der Waals surface area contributed by atoms with Gasteiger partial charge in [0.2, 0.25) is 5.91 Å². The topological polar surface area (TPSA) is 92.6 Å². The first-order valence-corrected chi connectivity index (χ1v) is 8.62. The van der Waals surface area contributed by atoms with Crippen LogP contribution in [0.3, 0.4) is 0 Å². The van der Waals surface area contributed by atoms with Crippen LogP contribution < -0.4 is 10.2 Å². The first-order chi connectivity index (χ1) is 13.0. The molecule has 7 nitrogen and oxygen atoms in total. The summed E-state index contributed by atoms with van der Waals surface area (Å²) in [6.45, 7) is 2.33.